The number of carbonyl (C=O) groups excluding carboxylic acids is 1. The summed E-state index contributed by atoms with van der Waals surface area (Å²) in [5.74, 6) is -2.27. The molecular formula is C15H15ClFN3O6S2. The van der Waals surface area contributed by atoms with Gasteiger partial charge in [-0.25, -0.2) is 25.9 Å². The average Bonchev–Trinajstić information content (AvgIpc) is 3.13. The Bertz CT molecular complexity index is 1110. The van der Waals surface area contributed by atoms with E-state index in [-0.39, 0.29) is 41.9 Å². The number of aromatic nitrogens is 1. The zero-order valence-corrected chi connectivity index (χ0v) is 16.6. The van der Waals surface area contributed by atoms with Gasteiger partial charge in [-0.1, -0.05) is 11.6 Å². The molecule has 0 unspecified atom stereocenters. The molecule has 3 rings (SSSR count). The molecule has 1 fully saturated rings. The second-order valence-corrected chi connectivity index (χ2v) is 9.80. The van der Waals surface area contributed by atoms with Gasteiger partial charge in [0.15, 0.2) is 0 Å². The lowest BCUT2D eigenvalue weighted by Gasteiger charge is -2.25. The highest BCUT2D eigenvalue weighted by molar-refractivity contribution is 7.90. The Morgan fingerprint density at radius 2 is 1.86 bits per heavy atom. The van der Waals surface area contributed by atoms with E-state index in [1.165, 1.54) is 4.31 Å². The second kappa shape index (κ2) is 7.79. The van der Waals surface area contributed by atoms with Crippen molar-refractivity contribution < 1.29 is 30.8 Å². The molecule has 1 aliphatic rings. The van der Waals surface area contributed by atoms with Crippen LogP contribution in [0.1, 0.15) is 10.5 Å². The number of aromatic amines is 1. The van der Waals surface area contributed by atoms with Gasteiger partial charge in [0.25, 0.3) is 15.9 Å². The van der Waals surface area contributed by atoms with Crippen LogP contribution in [0.25, 0.3) is 0 Å². The highest BCUT2D eigenvalue weighted by atomic mass is 35.5. The molecule has 28 heavy (non-hydrogen) atoms. The van der Waals surface area contributed by atoms with E-state index in [0.717, 1.165) is 30.5 Å². The molecule has 152 valence electrons. The molecule has 2 aromatic rings. The maximum absolute atomic E-state index is 13.8. The van der Waals surface area contributed by atoms with Crippen LogP contribution in [0.15, 0.2) is 40.3 Å². The van der Waals surface area contributed by atoms with E-state index in [2.05, 4.69) is 4.98 Å². The minimum absolute atomic E-state index is 0.00916. The molecule has 1 aromatic heterocycles. The SMILES string of the molecule is O=C(NS(=O)(=O)c1ccc(Cl)cc1F)c1cc(S(=O)(=O)N2CCOCC2)c[nH]1. The van der Waals surface area contributed by atoms with Gasteiger partial charge in [0.1, 0.15) is 21.3 Å². The van der Waals surface area contributed by atoms with E-state index < -0.39 is 36.7 Å². The van der Waals surface area contributed by atoms with Gasteiger partial charge in [-0.3, -0.25) is 4.79 Å². The van der Waals surface area contributed by atoms with Crippen LogP contribution in [0, 0.1) is 5.82 Å². The molecule has 1 aromatic carbocycles. The summed E-state index contributed by atoms with van der Waals surface area (Å²) in [5.41, 5.74) is -0.315. The summed E-state index contributed by atoms with van der Waals surface area (Å²) < 4.78 is 71.4. The van der Waals surface area contributed by atoms with Crippen molar-refractivity contribution in [2.24, 2.45) is 0 Å². The third-order valence-corrected chi connectivity index (χ3v) is 7.40. The molecule has 1 amide bonds. The lowest BCUT2D eigenvalue weighted by molar-refractivity contribution is 0.0730. The van der Waals surface area contributed by atoms with Crippen molar-refractivity contribution in [2.45, 2.75) is 9.79 Å². The first-order chi connectivity index (χ1) is 13.1. The summed E-state index contributed by atoms with van der Waals surface area (Å²) >= 11 is 5.58. The van der Waals surface area contributed by atoms with Gasteiger partial charge in [0.05, 0.1) is 13.2 Å². The number of ether oxygens (including phenoxy) is 1. The molecule has 0 aliphatic carbocycles. The molecule has 1 aliphatic heterocycles. The molecule has 13 heteroatoms. The Morgan fingerprint density at radius 3 is 2.50 bits per heavy atom. The number of morpholine rings is 1. The van der Waals surface area contributed by atoms with Crippen LogP contribution in [-0.4, -0.2) is 58.3 Å². The Kier molecular flexibility index (Phi) is 5.77. The van der Waals surface area contributed by atoms with Crippen molar-refractivity contribution >= 4 is 37.6 Å². The Balaban J connectivity index is 1.80. The van der Waals surface area contributed by atoms with Crippen LogP contribution < -0.4 is 4.72 Å². The van der Waals surface area contributed by atoms with Crippen molar-refractivity contribution in [1.82, 2.24) is 14.0 Å². The Labute approximate surface area is 165 Å². The molecule has 0 saturated carbocycles. The number of H-pyrrole nitrogens is 1. The first kappa shape index (κ1) is 20.7. The monoisotopic (exact) mass is 451 g/mol. The summed E-state index contributed by atoms with van der Waals surface area (Å²) in [5, 5.41) is -0.00916. The first-order valence-electron chi connectivity index (χ1n) is 7.90. The van der Waals surface area contributed by atoms with Crippen LogP contribution >= 0.6 is 11.6 Å². The third kappa shape index (κ3) is 4.20. The van der Waals surface area contributed by atoms with Crippen molar-refractivity contribution in [1.29, 1.82) is 0 Å². The highest BCUT2D eigenvalue weighted by Gasteiger charge is 2.29. The fourth-order valence-corrected chi connectivity index (χ4v) is 5.10. The predicted octanol–water partition coefficient (Wildman–Crippen LogP) is 0.947. The number of nitrogens with one attached hydrogen (secondary N) is 2. The molecule has 0 bridgehead atoms. The van der Waals surface area contributed by atoms with Gasteiger partial charge >= 0.3 is 0 Å². The van der Waals surface area contributed by atoms with Gasteiger partial charge < -0.3 is 9.72 Å². The summed E-state index contributed by atoms with van der Waals surface area (Å²) in [4.78, 5) is 13.7. The van der Waals surface area contributed by atoms with E-state index in [1.54, 1.807) is 4.72 Å². The molecule has 1 saturated heterocycles. The standard InChI is InChI=1S/C15H15ClFN3O6S2/c16-10-1-2-14(12(17)7-10)27(22,23)19-15(21)13-8-11(9-18-13)28(24,25)20-3-5-26-6-4-20/h1-2,7-9,18H,3-6H2,(H,19,21). The number of halogens is 2. The van der Waals surface area contributed by atoms with Gasteiger partial charge in [0, 0.05) is 24.3 Å². The maximum atomic E-state index is 13.8. The van der Waals surface area contributed by atoms with E-state index in [0.29, 0.717) is 0 Å². The quantitative estimate of drug-likeness (QED) is 0.697. The van der Waals surface area contributed by atoms with Crippen LogP contribution in [0.4, 0.5) is 4.39 Å². The summed E-state index contributed by atoms with van der Waals surface area (Å²) in [6.07, 6.45) is 1.08. The lowest BCUT2D eigenvalue weighted by atomic mass is 10.3. The smallest absolute Gasteiger partial charge is 0.281 e. The van der Waals surface area contributed by atoms with Crippen LogP contribution in [-0.2, 0) is 24.8 Å². The largest absolute Gasteiger partial charge is 0.379 e. The number of hydrogen-bond donors (Lipinski definition) is 2. The van der Waals surface area contributed by atoms with Gasteiger partial charge in [0.2, 0.25) is 10.0 Å². The van der Waals surface area contributed by atoms with Crippen molar-refractivity contribution in [2.75, 3.05) is 26.3 Å². The van der Waals surface area contributed by atoms with Gasteiger partial charge in [-0.05, 0) is 24.3 Å². The van der Waals surface area contributed by atoms with Crippen LogP contribution in [0.3, 0.4) is 0 Å². The molecule has 0 spiro atoms. The van der Waals surface area contributed by atoms with Crippen molar-refractivity contribution in [3.05, 3.63) is 47.0 Å². The number of carbonyl (C=O) groups is 1. The summed E-state index contributed by atoms with van der Waals surface area (Å²) in [6.45, 7) is 0.836. The zero-order chi connectivity index (χ0) is 20.5. The van der Waals surface area contributed by atoms with Crippen molar-refractivity contribution in [3.63, 3.8) is 0 Å². The minimum atomic E-state index is -4.53. The van der Waals surface area contributed by atoms with E-state index in [9.17, 15) is 26.0 Å². The number of nitrogens with zero attached hydrogens (tertiary/aromatic N) is 1. The highest BCUT2D eigenvalue weighted by Crippen LogP contribution is 2.20. The summed E-state index contributed by atoms with van der Waals surface area (Å²) in [6, 6.07) is 3.87. The zero-order valence-electron chi connectivity index (χ0n) is 14.2. The predicted molar refractivity (Wildman–Crippen MR) is 96.4 cm³/mol. The Morgan fingerprint density at radius 1 is 1.18 bits per heavy atom. The molecule has 9 nitrogen and oxygen atoms in total. The molecular weight excluding hydrogens is 437 g/mol. The average molecular weight is 452 g/mol. The van der Waals surface area contributed by atoms with Gasteiger partial charge in [-0.15, -0.1) is 0 Å². The van der Waals surface area contributed by atoms with Crippen LogP contribution in [0.2, 0.25) is 5.02 Å². The lowest BCUT2D eigenvalue weighted by Crippen LogP contribution is -2.40. The minimum Gasteiger partial charge on any atom is -0.379 e. The second-order valence-electron chi connectivity index (χ2n) is 5.77. The number of amides is 1. The number of rotatable bonds is 5. The molecule has 0 atom stereocenters. The van der Waals surface area contributed by atoms with E-state index in [4.69, 9.17) is 16.3 Å². The third-order valence-electron chi connectivity index (χ3n) is 3.92. The van der Waals surface area contributed by atoms with Gasteiger partial charge in [-0.2, -0.15) is 4.31 Å². The maximum Gasteiger partial charge on any atom is 0.281 e. The van der Waals surface area contributed by atoms with Crippen molar-refractivity contribution in [3.8, 4) is 0 Å². The molecule has 0 radical (unpaired) electrons. The normalized spacial score (nSPS) is 16.1. The summed E-state index contributed by atoms with van der Waals surface area (Å²) in [7, 11) is -8.40. The fourth-order valence-electron chi connectivity index (χ4n) is 2.52. The first-order valence-corrected chi connectivity index (χ1v) is 11.2. The fraction of sp³-hybridized carbons (Fsp3) is 0.267. The van der Waals surface area contributed by atoms with E-state index in [1.807, 2.05) is 0 Å². The molecule has 2 N–H and O–H groups in total. The Hall–Kier alpha value is -1.99. The molecule has 2 heterocycles. The number of benzene rings is 1. The number of hydrogen-bond acceptors (Lipinski definition) is 6. The van der Waals surface area contributed by atoms with Crippen LogP contribution in [0.5, 0.6) is 0 Å². The van der Waals surface area contributed by atoms with E-state index >= 15 is 0 Å². The number of sulfonamides is 2. The topological polar surface area (TPSA) is 126 Å².